The predicted molar refractivity (Wildman–Crippen MR) is 137 cm³/mol. The van der Waals surface area contributed by atoms with Crippen molar-refractivity contribution in [3.8, 4) is 11.5 Å². The van der Waals surface area contributed by atoms with Crippen LogP contribution in [0.2, 0.25) is 0 Å². The van der Waals surface area contributed by atoms with Gasteiger partial charge in [-0.05, 0) is 68.2 Å². The minimum atomic E-state index is -0.196. The van der Waals surface area contributed by atoms with Crippen LogP contribution < -0.4 is 0 Å². The second-order valence-corrected chi connectivity index (χ2v) is 10.1. The molecule has 2 atom stereocenters. The summed E-state index contributed by atoms with van der Waals surface area (Å²) in [5, 5.41) is 22.8. The van der Waals surface area contributed by atoms with Crippen molar-refractivity contribution in [2.24, 2.45) is 5.92 Å². The lowest BCUT2D eigenvalue weighted by atomic mass is 9.73. The molecule has 4 heteroatoms. The Bertz CT molecular complexity index is 1110. The van der Waals surface area contributed by atoms with Crippen molar-refractivity contribution in [1.82, 2.24) is 4.90 Å². The van der Waals surface area contributed by atoms with Gasteiger partial charge in [-0.2, -0.15) is 0 Å². The summed E-state index contributed by atoms with van der Waals surface area (Å²) in [5.41, 5.74) is 6.11. The molecule has 1 amide bonds. The van der Waals surface area contributed by atoms with Crippen LogP contribution in [0.3, 0.4) is 0 Å². The second-order valence-electron chi connectivity index (χ2n) is 10.1. The number of phenols is 2. The normalized spacial score (nSPS) is 19.6. The number of aromatic hydroxyl groups is 2. The maximum Gasteiger partial charge on any atom is 0.258 e. The van der Waals surface area contributed by atoms with Gasteiger partial charge in [-0.15, -0.1) is 0 Å². The Morgan fingerprint density at radius 3 is 2.44 bits per heavy atom. The molecule has 34 heavy (non-hydrogen) atoms. The van der Waals surface area contributed by atoms with Gasteiger partial charge < -0.3 is 15.1 Å². The Morgan fingerprint density at radius 2 is 1.82 bits per heavy atom. The van der Waals surface area contributed by atoms with Crippen molar-refractivity contribution in [2.45, 2.75) is 78.3 Å². The summed E-state index contributed by atoms with van der Waals surface area (Å²) in [7, 11) is 0. The molecule has 0 bridgehead atoms. The maximum atomic E-state index is 13.9. The van der Waals surface area contributed by atoms with Gasteiger partial charge in [-0.25, -0.2) is 0 Å². The summed E-state index contributed by atoms with van der Waals surface area (Å²) in [6.45, 7) is 11.5. The zero-order valence-electron chi connectivity index (χ0n) is 20.7. The van der Waals surface area contributed by atoms with Gasteiger partial charge >= 0.3 is 0 Å². The Hall–Kier alpha value is -3.01. The van der Waals surface area contributed by atoms with E-state index in [2.05, 4.69) is 38.6 Å². The average Bonchev–Trinajstić information content (AvgIpc) is 3.23. The van der Waals surface area contributed by atoms with E-state index in [1.54, 1.807) is 6.07 Å². The average molecular weight is 460 g/mol. The highest BCUT2D eigenvalue weighted by Crippen LogP contribution is 2.48. The van der Waals surface area contributed by atoms with E-state index in [9.17, 15) is 15.0 Å². The lowest BCUT2D eigenvalue weighted by molar-refractivity contribution is 0.0746. The van der Waals surface area contributed by atoms with E-state index in [0.717, 1.165) is 54.4 Å². The van der Waals surface area contributed by atoms with E-state index in [-0.39, 0.29) is 29.2 Å². The molecule has 2 N–H and O–H groups in total. The number of unbranched alkanes of at least 4 members (excludes halogenated alkanes) is 2. The highest BCUT2D eigenvalue weighted by atomic mass is 16.3. The van der Waals surface area contributed by atoms with Gasteiger partial charge in [0.15, 0.2) is 0 Å². The second kappa shape index (κ2) is 10.1. The number of rotatable bonds is 7. The van der Waals surface area contributed by atoms with E-state index >= 15 is 0 Å². The number of hydrogen-bond donors (Lipinski definition) is 2. The van der Waals surface area contributed by atoms with Crippen molar-refractivity contribution in [3.05, 3.63) is 82.0 Å². The maximum absolute atomic E-state index is 13.9. The molecule has 0 aromatic heterocycles. The Balaban J connectivity index is 1.79. The van der Waals surface area contributed by atoms with E-state index < -0.39 is 0 Å². The van der Waals surface area contributed by atoms with Crippen LogP contribution in [-0.2, 0) is 19.5 Å². The summed E-state index contributed by atoms with van der Waals surface area (Å²) in [4.78, 5) is 15.7. The number of amides is 1. The lowest BCUT2D eigenvalue weighted by Gasteiger charge is -2.32. The molecule has 0 radical (unpaired) electrons. The van der Waals surface area contributed by atoms with Crippen molar-refractivity contribution >= 4 is 5.91 Å². The summed E-state index contributed by atoms with van der Waals surface area (Å²) in [5.74, 6) is -0.226. The first-order valence-corrected chi connectivity index (χ1v) is 12.6. The number of phenolic OH excluding ortho intramolecular Hbond substituents is 2. The molecule has 0 spiro atoms. The molecule has 1 heterocycles. The molecule has 0 saturated heterocycles. The predicted octanol–water partition coefficient (Wildman–Crippen LogP) is 7.00. The zero-order valence-corrected chi connectivity index (χ0v) is 20.7. The number of carbonyl (C=O) groups is 1. The first kappa shape index (κ1) is 24.1. The standard InChI is InChI=1S/C30H37NO3/c1-5-6-7-10-21-16-26(32)28(25-15-20(4)13-14-24(25)19(2)3)29(33)27(21)30(34)31-17-22-11-8-9-12-23(22)18-31/h8-9,11-12,15-16,24-25,32-33H,2,5-7,10,13-14,17-18H2,1,3-4H3. The number of allylic oxidation sites excluding steroid dienone is 3. The van der Waals surface area contributed by atoms with Crippen LogP contribution in [-0.4, -0.2) is 21.0 Å². The first-order valence-electron chi connectivity index (χ1n) is 12.6. The third-order valence-corrected chi connectivity index (χ3v) is 7.51. The molecule has 0 fully saturated rings. The van der Waals surface area contributed by atoms with Crippen LogP contribution in [0, 0.1) is 5.92 Å². The molecule has 0 saturated carbocycles. The third-order valence-electron chi connectivity index (χ3n) is 7.51. The molecule has 180 valence electrons. The smallest absolute Gasteiger partial charge is 0.258 e. The topological polar surface area (TPSA) is 60.8 Å². The van der Waals surface area contributed by atoms with Gasteiger partial charge in [0.1, 0.15) is 11.5 Å². The minimum Gasteiger partial charge on any atom is -0.507 e. The molecule has 2 aromatic rings. The lowest BCUT2D eigenvalue weighted by Crippen LogP contribution is -2.27. The van der Waals surface area contributed by atoms with Crippen molar-refractivity contribution < 1.29 is 15.0 Å². The van der Waals surface area contributed by atoms with Gasteiger partial charge in [0.05, 0.1) is 5.56 Å². The molecule has 4 rings (SSSR count). The zero-order chi connectivity index (χ0) is 24.4. The third kappa shape index (κ3) is 4.64. The van der Waals surface area contributed by atoms with Crippen LogP contribution in [0.5, 0.6) is 11.5 Å². The molecule has 1 aliphatic carbocycles. The minimum absolute atomic E-state index is 0.0605. The van der Waals surface area contributed by atoms with E-state index in [4.69, 9.17) is 0 Å². The number of carbonyl (C=O) groups excluding carboxylic acids is 1. The number of benzene rings is 2. The van der Waals surface area contributed by atoms with Crippen LogP contribution in [0.25, 0.3) is 0 Å². The molecule has 2 unspecified atom stereocenters. The molecular weight excluding hydrogens is 422 g/mol. The number of nitrogens with zero attached hydrogens (tertiary/aromatic N) is 1. The van der Waals surface area contributed by atoms with Crippen LogP contribution >= 0.6 is 0 Å². The highest BCUT2D eigenvalue weighted by molar-refractivity contribution is 5.99. The van der Waals surface area contributed by atoms with Gasteiger partial charge in [0.25, 0.3) is 5.91 Å². The fourth-order valence-electron chi connectivity index (χ4n) is 5.59. The van der Waals surface area contributed by atoms with Crippen molar-refractivity contribution in [2.75, 3.05) is 0 Å². The van der Waals surface area contributed by atoms with Gasteiger partial charge in [0, 0.05) is 24.6 Å². The van der Waals surface area contributed by atoms with Gasteiger partial charge in [-0.3, -0.25) is 4.79 Å². The molecule has 2 aromatic carbocycles. The van der Waals surface area contributed by atoms with Gasteiger partial charge in [-0.1, -0.05) is 67.8 Å². The van der Waals surface area contributed by atoms with E-state index in [0.29, 0.717) is 30.6 Å². The molecular formula is C30H37NO3. The van der Waals surface area contributed by atoms with Gasteiger partial charge in [0.2, 0.25) is 0 Å². The summed E-state index contributed by atoms with van der Waals surface area (Å²) >= 11 is 0. The fraction of sp³-hybridized carbons (Fsp3) is 0.433. The first-order chi connectivity index (χ1) is 16.3. The summed E-state index contributed by atoms with van der Waals surface area (Å²) < 4.78 is 0. The number of hydrogen-bond acceptors (Lipinski definition) is 3. The van der Waals surface area contributed by atoms with E-state index in [1.807, 2.05) is 24.0 Å². The van der Waals surface area contributed by atoms with Crippen LogP contribution in [0.1, 0.15) is 91.4 Å². The van der Waals surface area contributed by atoms with Crippen LogP contribution in [0.15, 0.2) is 54.1 Å². The number of aryl methyl sites for hydroxylation is 1. The molecule has 2 aliphatic rings. The Labute approximate surface area is 203 Å². The summed E-state index contributed by atoms with van der Waals surface area (Å²) in [6.07, 6.45) is 7.69. The number of fused-ring (bicyclic) bond motifs is 1. The quantitative estimate of drug-likeness (QED) is 0.346. The largest absolute Gasteiger partial charge is 0.507 e. The Morgan fingerprint density at radius 1 is 1.15 bits per heavy atom. The monoisotopic (exact) mass is 459 g/mol. The molecule has 4 nitrogen and oxygen atoms in total. The fourth-order valence-corrected chi connectivity index (χ4v) is 5.59. The summed E-state index contributed by atoms with van der Waals surface area (Å²) in [6, 6.07) is 9.83. The van der Waals surface area contributed by atoms with E-state index in [1.165, 1.54) is 5.57 Å². The van der Waals surface area contributed by atoms with Crippen molar-refractivity contribution in [3.63, 3.8) is 0 Å². The Kier molecular flexibility index (Phi) is 7.16. The van der Waals surface area contributed by atoms with Crippen LogP contribution in [0.4, 0.5) is 0 Å². The SMILES string of the molecule is C=C(C)C1CCC(C)=CC1c1c(O)cc(CCCCC)c(C(=O)N2Cc3ccccc3C2)c1O. The van der Waals surface area contributed by atoms with Crippen molar-refractivity contribution in [1.29, 1.82) is 0 Å². The highest BCUT2D eigenvalue weighted by Gasteiger charge is 2.35. The molecule has 1 aliphatic heterocycles.